The summed E-state index contributed by atoms with van der Waals surface area (Å²) in [6.07, 6.45) is 7.51. The summed E-state index contributed by atoms with van der Waals surface area (Å²) in [5.74, 6) is 2.57. The van der Waals surface area contributed by atoms with E-state index in [1.807, 2.05) is 12.3 Å². The summed E-state index contributed by atoms with van der Waals surface area (Å²) in [6, 6.07) is 2.04. The summed E-state index contributed by atoms with van der Waals surface area (Å²) in [7, 11) is 2.10. The molecule has 26 heavy (non-hydrogen) atoms. The van der Waals surface area contributed by atoms with Gasteiger partial charge >= 0.3 is 0 Å². The topological polar surface area (TPSA) is 70.6 Å². The number of nitrogens with zero attached hydrogens (tertiary/aromatic N) is 5. The molecule has 142 valence electrons. The third-order valence-corrected chi connectivity index (χ3v) is 5.78. The van der Waals surface area contributed by atoms with Crippen molar-refractivity contribution in [1.29, 1.82) is 0 Å². The van der Waals surface area contributed by atoms with E-state index in [0.29, 0.717) is 5.92 Å². The summed E-state index contributed by atoms with van der Waals surface area (Å²) in [5.41, 5.74) is 1.23. The van der Waals surface area contributed by atoms with Gasteiger partial charge in [0.1, 0.15) is 11.6 Å². The minimum atomic E-state index is -0.134. The highest BCUT2D eigenvalue weighted by atomic mass is 16.3. The van der Waals surface area contributed by atoms with E-state index in [9.17, 15) is 5.11 Å². The van der Waals surface area contributed by atoms with Crippen molar-refractivity contribution in [2.75, 3.05) is 26.2 Å². The maximum Gasteiger partial charge on any atom is 0.146 e. The van der Waals surface area contributed by atoms with Crippen LogP contribution in [0.2, 0.25) is 0 Å². The molecule has 0 amide bonds. The van der Waals surface area contributed by atoms with Gasteiger partial charge in [0.05, 0.1) is 25.2 Å². The number of furan rings is 1. The van der Waals surface area contributed by atoms with Gasteiger partial charge in [-0.25, -0.2) is 0 Å². The quantitative estimate of drug-likeness (QED) is 0.877. The molecule has 4 heterocycles. The van der Waals surface area contributed by atoms with Crippen molar-refractivity contribution in [3.8, 4) is 0 Å². The highest BCUT2D eigenvalue weighted by Crippen LogP contribution is 2.27. The first-order chi connectivity index (χ1) is 12.7. The van der Waals surface area contributed by atoms with E-state index >= 15 is 0 Å². The lowest BCUT2D eigenvalue weighted by atomic mass is 9.97. The molecule has 2 aliphatic rings. The van der Waals surface area contributed by atoms with Gasteiger partial charge in [-0.15, -0.1) is 10.2 Å². The van der Waals surface area contributed by atoms with Crippen molar-refractivity contribution in [3.05, 3.63) is 35.8 Å². The lowest BCUT2D eigenvalue weighted by Gasteiger charge is -2.32. The van der Waals surface area contributed by atoms with Crippen LogP contribution in [0.3, 0.4) is 0 Å². The average molecular weight is 359 g/mol. The Bertz CT molecular complexity index is 691. The fourth-order valence-electron chi connectivity index (χ4n) is 4.20. The molecule has 2 aromatic rings. The second kappa shape index (κ2) is 7.90. The third kappa shape index (κ3) is 4.00. The van der Waals surface area contributed by atoms with Crippen LogP contribution < -0.4 is 0 Å². The average Bonchev–Trinajstić information content (AvgIpc) is 3.28. The monoisotopic (exact) mass is 359 g/mol. The summed E-state index contributed by atoms with van der Waals surface area (Å²) >= 11 is 0. The van der Waals surface area contributed by atoms with Crippen LogP contribution in [0.15, 0.2) is 23.0 Å². The van der Waals surface area contributed by atoms with Crippen LogP contribution in [-0.4, -0.2) is 62.0 Å². The molecule has 1 atom stereocenters. The summed E-state index contributed by atoms with van der Waals surface area (Å²) in [6.45, 7) is 5.78. The van der Waals surface area contributed by atoms with Gasteiger partial charge in [0.25, 0.3) is 0 Å². The first kappa shape index (κ1) is 17.7. The van der Waals surface area contributed by atoms with Gasteiger partial charge in [-0.05, 0) is 38.3 Å². The Hall–Kier alpha value is -1.70. The molecule has 0 aliphatic carbocycles. The minimum Gasteiger partial charge on any atom is -0.472 e. The Morgan fingerprint density at radius 1 is 1.12 bits per heavy atom. The standard InChI is InChI=1S/C19H29N5O2/c1-22-18(13-23-8-4-17(25)5-9-23)20-21-19(22)16-3-2-7-24(12-16)11-15-6-10-26-14-15/h6,10,14,16-17,25H,2-5,7-9,11-13H2,1H3/t16-/m1/s1. The molecular formula is C19H29N5O2. The molecular weight excluding hydrogens is 330 g/mol. The molecule has 2 saturated heterocycles. The van der Waals surface area contributed by atoms with Gasteiger partial charge in [-0.2, -0.15) is 0 Å². The summed E-state index contributed by atoms with van der Waals surface area (Å²) in [4.78, 5) is 4.85. The number of likely N-dealkylation sites (tertiary alicyclic amines) is 2. The molecule has 2 aliphatic heterocycles. The molecule has 0 radical (unpaired) electrons. The van der Waals surface area contributed by atoms with E-state index in [1.165, 1.54) is 18.4 Å². The van der Waals surface area contributed by atoms with Gasteiger partial charge in [-0.1, -0.05) is 0 Å². The van der Waals surface area contributed by atoms with Crippen LogP contribution in [0.1, 0.15) is 48.8 Å². The zero-order valence-corrected chi connectivity index (χ0v) is 15.5. The Labute approximate surface area is 154 Å². The molecule has 7 heteroatoms. The van der Waals surface area contributed by atoms with Crippen LogP contribution in [0.5, 0.6) is 0 Å². The van der Waals surface area contributed by atoms with Crippen LogP contribution >= 0.6 is 0 Å². The lowest BCUT2D eigenvalue weighted by molar-refractivity contribution is 0.0775. The van der Waals surface area contributed by atoms with Crippen LogP contribution in [-0.2, 0) is 20.1 Å². The molecule has 1 N–H and O–H groups in total. The van der Waals surface area contributed by atoms with E-state index in [0.717, 1.165) is 63.8 Å². The number of aliphatic hydroxyl groups excluding tert-OH is 1. The van der Waals surface area contributed by atoms with E-state index in [4.69, 9.17) is 4.42 Å². The predicted octanol–water partition coefficient (Wildman–Crippen LogP) is 1.74. The largest absolute Gasteiger partial charge is 0.472 e. The number of piperidine rings is 2. The number of aromatic nitrogens is 3. The highest BCUT2D eigenvalue weighted by molar-refractivity contribution is 5.08. The Kier molecular flexibility index (Phi) is 5.38. The highest BCUT2D eigenvalue weighted by Gasteiger charge is 2.27. The fraction of sp³-hybridized carbons (Fsp3) is 0.684. The van der Waals surface area contributed by atoms with Gasteiger partial charge in [0.15, 0.2) is 0 Å². The summed E-state index contributed by atoms with van der Waals surface area (Å²) in [5, 5.41) is 18.7. The van der Waals surface area contributed by atoms with Crippen molar-refractivity contribution in [1.82, 2.24) is 24.6 Å². The first-order valence-electron chi connectivity index (χ1n) is 9.71. The van der Waals surface area contributed by atoms with Crippen molar-refractivity contribution in [2.45, 2.75) is 50.8 Å². The zero-order chi connectivity index (χ0) is 17.9. The molecule has 0 spiro atoms. The number of aliphatic hydroxyl groups is 1. The zero-order valence-electron chi connectivity index (χ0n) is 15.5. The maximum atomic E-state index is 9.67. The van der Waals surface area contributed by atoms with E-state index in [-0.39, 0.29) is 6.10 Å². The fourth-order valence-corrected chi connectivity index (χ4v) is 4.20. The smallest absolute Gasteiger partial charge is 0.146 e. The van der Waals surface area contributed by atoms with Gasteiger partial charge in [0, 0.05) is 44.7 Å². The van der Waals surface area contributed by atoms with Crippen molar-refractivity contribution < 1.29 is 9.52 Å². The molecule has 2 fully saturated rings. The van der Waals surface area contributed by atoms with Crippen LogP contribution in [0.4, 0.5) is 0 Å². The number of hydrogen-bond donors (Lipinski definition) is 1. The van der Waals surface area contributed by atoms with Crippen molar-refractivity contribution >= 4 is 0 Å². The third-order valence-electron chi connectivity index (χ3n) is 5.78. The van der Waals surface area contributed by atoms with Crippen LogP contribution in [0.25, 0.3) is 0 Å². The van der Waals surface area contributed by atoms with Crippen molar-refractivity contribution in [2.24, 2.45) is 7.05 Å². The van der Waals surface area contributed by atoms with Gasteiger partial charge in [0.2, 0.25) is 0 Å². The molecule has 4 rings (SSSR count). The molecule has 0 unspecified atom stereocenters. The Morgan fingerprint density at radius 2 is 1.96 bits per heavy atom. The predicted molar refractivity (Wildman–Crippen MR) is 97.5 cm³/mol. The van der Waals surface area contributed by atoms with Gasteiger partial charge < -0.3 is 14.1 Å². The summed E-state index contributed by atoms with van der Waals surface area (Å²) < 4.78 is 7.39. The molecule has 0 saturated carbocycles. The van der Waals surface area contributed by atoms with E-state index in [2.05, 4.69) is 31.6 Å². The van der Waals surface area contributed by atoms with E-state index in [1.54, 1.807) is 6.26 Å². The number of hydrogen-bond acceptors (Lipinski definition) is 6. The van der Waals surface area contributed by atoms with Crippen LogP contribution in [0, 0.1) is 0 Å². The number of rotatable bonds is 5. The van der Waals surface area contributed by atoms with Gasteiger partial charge in [-0.3, -0.25) is 9.80 Å². The van der Waals surface area contributed by atoms with Crippen molar-refractivity contribution in [3.63, 3.8) is 0 Å². The first-order valence-corrected chi connectivity index (χ1v) is 9.71. The second-order valence-corrected chi connectivity index (χ2v) is 7.75. The normalized spacial score (nSPS) is 23.5. The molecule has 7 nitrogen and oxygen atoms in total. The van der Waals surface area contributed by atoms with E-state index < -0.39 is 0 Å². The lowest BCUT2D eigenvalue weighted by Crippen LogP contribution is -2.36. The molecule has 2 aromatic heterocycles. The molecule has 0 aromatic carbocycles. The SMILES string of the molecule is Cn1c(CN2CCC(O)CC2)nnc1[C@@H]1CCCN(Cc2ccoc2)C1. The second-order valence-electron chi connectivity index (χ2n) is 7.75. The Morgan fingerprint density at radius 3 is 2.73 bits per heavy atom. The molecule has 0 bridgehead atoms. The maximum absolute atomic E-state index is 9.67. The Balaban J connectivity index is 1.38. The minimum absolute atomic E-state index is 0.134.